The Morgan fingerprint density at radius 1 is 1.21 bits per heavy atom. The summed E-state index contributed by atoms with van der Waals surface area (Å²) in [6.45, 7) is 5.77. The van der Waals surface area contributed by atoms with Gasteiger partial charge in [0.15, 0.2) is 0 Å². The molecule has 19 heavy (non-hydrogen) atoms. The van der Waals surface area contributed by atoms with Crippen LogP contribution in [-0.4, -0.2) is 34.8 Å². The van der Waals surface area contributed by atoms with Crippen molar-refractivity contribution < 1.29 is 9.59 Å². The Kier molecular flexibility index (Phi) is 4.48. The molecule has 4 nitrogen and oxygen atoms in total. The molecule has 1 aliphatic heterocycles. The molecule has 0 bridgehead atoms. The minimum Gasteiger partial charge on any atom is -0.343 e. The monoisotopic (exact) mass is 266 g/mol. The van der Waals surface area contributed by atoms with E-state index in [1.165, 1.54) is 32.1 Å². The lowest BCUT2D eigenvalue weighted by atomic mass is 9.81. The largest absolute Gasteiger partial charge is 0.343 e. The molecule has 4 heteroatoms. The number of piperazine rings is 1. The van der Waals surface area contributed by atoms with Gasteiger partial charge in [0.25, 0.3) is 0 Å². The van der Waals surface area contributed by atoms with Gasteiger partial charge in [-0.25, -0.2) is 0 Å². The van der Waals surface area contributed by atoms with E-state index in [0.717, 1.165) is 6.42 Å². The summed E-state index contributed by atoms with van der Waals surface area (Å²) >= 11 is 0. The predicted molar refractivity (Wildman–Crippen MR) is 74.6 cm³/mol. The second-order valence-corrected chi connectivity index (χ2v) is 6.03. The number of hydrogen-bond donors (Lipinski definition) is 1. The second-order valence-electron chi connectivity index (χ2n) is 6.03. The van der Waals surface area contributed by atoms with Gasteiger partial charge in [0.05, 0.1) is 0 Å². The quantitative estimate of drug-likeness (QED) is 0.850. The Morgan fingerprint density at radius 3 is 2.42 bits per heavy atom. The number of nitrogens with one attached hydrogen (secondary N) is 1. The summed E-state index contributed by atoms with van der Waals surface area (Å²) < 4.78 is 0. The van der Waals surface area contributed by atoms with E-state index in [0.29, 0.717) is 5.92 Å². The van der Waals surface area contributed by atoms with E-state index in [-0.39, 0.29) is 29.9 Å². The fourth-order valence-electron chi connectivity index (χ4n) is 3.66. The Hall–Kier alpha value is -1.06. The summed E-state index contributed by atoms with van der Waals surface area (Å²) in [6.07, 6.45) is 7.18. The number of amides is 2. The molecule has 1 N–H and O–H groups in total. The summed E-state index contributed by atoms with van der Waals surface area (Å²) in [5, 5.41) is 2.76. The standard InChI is InChI=1S/C15H26N2O2/c1-4-13(12-8-6-5-7-9-12)17-11(3)14(18)16-10(2)15(17)19/h10-13H,4-9H2,1-3H3,(H,16,18). The van der Waals surface area contributed by atoms with Crippen molar-refractivity contribution >= 4 is 11.8 Å². The molecular formula is C15H26N2O2. The lowest BCUT2D eigenvalue weighted by Gasteiger charge is -2.45. The van der Waals surface area contributed by atoms with Gasteiger partial charge in [0, 0.05) is 6.04 Å². The lowest BCUT2D eigenvalue weighted by Crippen LogP contribution is -2.65. The zero-order valence-electron chi connectivity index (χ0n) is 12.3. The first-order chi connectivity index (χ1) is 9.06. The van der Waals surface area contributed by atoms with E-state index in [9.17, 15) is 9.59 Å². The fraction of sp³-hybridized carbons (Fsp3) is 0.867. The van der Waals surface area contributed by atoms with Gasteiger partial charge >= 0.3 is 0 Å². The van der Waals surface area contributed by atoms with Crippen molar-refractivity contribution in [2.24, 2.45) is 5.92 Å². The molecule has 1 saturated carbocycles. The molecule has 0 aromatic heterocycles. The molecule has 0 spiro atoms. The van der Waals surface area contributed by atoms with Crippen molar-refractivity contribution in [3.8, 4) is 0 Å². The highest BCUT2D eigenvalue weighted by molar-refractivity contribution is 5.96. The number of hydrogen-bond acceptors (Lipinski definition) is 2. The highest BCUT2D eigenvalue weighted by atomic mass is 16.2. The molecule has 3 atom stereocenters. The van der Waals surface area contributed by atoms with Crippen LogP contribution in [0, 0.1) is 5.92 Å². The third-order valence-corrected chi connectivity index (χ3v) is 4.75. The Balaban J connectivity index is 2.18. The molecule has 108 valence electrons. The van der Waals surface area contributed by atoms with Crippen LogP contribution in [0.3, 0.4) is 0 Å². The van der Waals surface area contributed by atoms with Crippen LogP contribution in [0.15, 0.2) is 0 Å². The van der Waals surface area contributed by atoms with Crippen LogP contribution in [0.5, 0.6) is 0 Å². The molecule has 0 aromatic rings. The van der Waals surface area contributed by atoms with Crippen molar-refractivity contribution in [3.63, 3.8) is 0 Å². The zero-order chi connectivity index (χ0) is 14.0. The van der Waals surface area contributed by atoms with Crippen LogP contribution in [-0.2, 0) is 9.59 Å². The van der Waals surface area contributed by atoms with Crippen LogP contribution < -0.4 is 5.32 Å². The van der Waals surface area contributed by atoms with Gasteiger partial charge in [-0.1, -0.05) is 26.2 Å². The van der Waals surface area contributed by atoms with Crippen LogP contribution in [0.25, 0.3) is 0 Å². The molecule has 3 unspecified atom stereocenters. The molecule has 1 saturated heterocycles. The first-order valence-electron chi connectivity index (χ1n) is 7.68. The molecular weight excluding hydrogens is 240 g/mol. The van der Waals surface area contributed by atoms with Crippen LogP contribution in [0.4, 0.5) is 0 Å². The Bertz CT molecular complexity index is 350. The van der Waals surface area contributed by atoms with Crippen LogP contribution >= 0.6 is 0 Å². The minimum absolute atomic E-state index is 0.0126. The molecule has 0 aromatic carbocycles. The number of rotatable bonds is 3. The van der Waals surface area contributed by atoms with Gasteiger partial charge in [0.1, 0.15) is 12.1 Å². The van der Waals surface area contributed by atoms with Gasteiger partial charge in [-0.3, -0.25) is 9.59 Å². The number of carbonyl (C=O) groups excluding carboxylic acids is 2. The number of carbonyl (C=O) groups is 2. The van der Waals surface area contributed by atoms with Crippen molar-refractivity contribution in [2.75, 3.05) is 0 Å². The molecule has 2 fully saturated rings. The maximum Gasteiger partial charge on any atom is 0.245 e. The van der Waals surface area contributed by atoms with Gasteiger partial charge in [0.2, 0.25) is 11.8 Å². The third-order valence-electron chi connectivity index (χ3n) is 4.75. The third kappa shape index (κ3) is 2.77. The number of nitrogens with zero attached hydrogens (tertiary/aromatic N) is 1. The second kappa shape index (κ2) is 5.93. The van der Waals surface area contributed by atoms with E-state index in [1.54, 1.807) is 6.92 Å². The maximum absolute atomic E-state index is 12.4. The molecule has 2 rings (SSSR count). The summed E-state index contributed by atoms with van der Waals surface area (Å²) in [7, 11) is 0. The van der Waals surface area contributed by atoms with E-state index in [2.05, 4.69) is 12.2 Å². The van der Waals surface area contributed by atoms with E-state index in [4.69, 9.17) is 0 Å². The van der Waals surface area contributed by atoms with Gasteiger partial charge in [-0.05, 0) is 39.0 Å². The van der Waals surface area contributed by atoms with Crippen LogP contribution in [0.1, 0.15) is 59.3 Å². The Morgan fingerprint density at radius 2 is 1.84 bits per heavy atom. The molecule has 2 aliphatic rings. The summed E-state index contributed by atoms with van der Waals surface area (Å²) in [4.78, 5) is 26.3. The average molecular weight is 266 g/mol. The van der Waals surface area contributed by atoms with Crippen molar-refractivity contribution in [1.82, 2.24) is 10.2 Å². The first kappa shape index (κ1) is 14.4. The SMILES string of the molecule is CCC(C1CCCCC1)N1C(=O)C(C)NC(=O)C1C. The summed E-state index contributed by atoms with van der Waals surface area (Å²) in [5.74, 6) is 0.647. The predicted octanol–water partition coefficient (Wildman–Crippen LogP) is 2.08. The Labute approximate surface area is 115 Å². The molecule has 2 amide bonds. The lowest BCUT2D eigenvalue weighted by molar-refractivity contribution is -0.152. The topological polar surface area (TPSA) is 49.4 Å². The van der Waals surface area contributed by atoms with E-state index in [1.807, 2.05) is 11.8 Å². The normalized spacial score (nSPS) is 31.2. The first-order valence-corrected chi connectivity index (χ1v) is 7.68. The molecule has 1 aliphatic carbocycles. The minimum atomic E-state index is -0.374. The fourth-order valence-corrected chi connectivity index (χ4v) is 3.66. The van der Waals surface area contributed by atoms with Crippen molar-refractivity contribution in [3.05, 3.63) is 0 Å². The summed E-state index contributed by atoms with van der Waals surface area (Å²) in [6, 6.07) is -0.465. The smallest absolute Gasteiger partial charge is 0.245 e. The zero-order valence-corrected chi connectivity index (χ0v) is 12.3. The van der Waals surface area contributed by atoms with Crippen molar-refractivity contribution in [2.45, 2.75) is 77.4 Å². The summed E-state index contributed by atoms with van der Waals surface area (Å²) in [5.41, 5.74) is 0. The van der Waals surface area contributed by atoms with Crippen LogP contribution in [0.2, 0.25) is 0 Å². The maximum atomic E-state index is 12.4. The van der Waals surface area contributed by atoms with E-state index >= 15 is 0 Å². The van der Waals surface area contributed by atoms with Gasteiger partial charge in [-0.15, -0.1) is 0 Å². The van der Waals surface area contributed by atoms with E-state index < -0.39 is 0 Å². The highest BCUT2D eigenvalue weighted by Gasteiger charge is 2.41. The van der Waals surface area contributed by atoms with Crippen molar-refractivity contribution in [1.29, 1.82) is 0 Å². The van der Waals surface area contributed by atoms with Gasteiger partial charge < -0.3 is 10.2 Å². The molecule has 1 heterocycles. The van der Waals surface area contributed by atoms with Gasteiger partial charge in [-0.2, -0.15) is 0 Å². The molecule has 0 radical (unpaired) electrons. The highest BCUT2D eigenvalue weighted by Crippen LogP contribution is 2.32. The average Bonchev–Trinajstić information content (AvgIpc) is 2.42.